The van der Waals surface area contributed by atoms with Crippen LogP contribution < -0.4 is 5.32 Å². The Morgan fingerprint density at radius 3 is 2.69 bits per heavy atom. The van der Waals surface area contributed by atoms with Crippen LogP contribution in [0.2, 0.25) is 5.02 Å². The number of hydrogen-bond acceptors (Lipinski definition) is 6. The van der Waals surface area contributed by atoms with Gasteiger partial charge in [0.05, 0.1) is 21.4 Å². The molecule has 0 bridgehead atoms. The van der Waals surface area contributed by atoms with Crippen LogP contribution in [0.1, 0.15) is 11.3 Å². The van der Waals surface area contributed by atoms with E-state index in [1.54, 1.807) is 41.1 Å². The van der Waals surface area contributed by atoms with Crippen molar-refractivity contribution in [3.63, 3.8) is 0 Å². The Labute approximate surface area is 207 Å². The molecule has 35 heavy (non-hydrogen) atoms. The zero-order valence-electron chi connectivity index (χ0n) is 17.8. The minimum atomic E-state index is -0.656. The van der Waals surface area contributed by atoms with Gasteiger partial charge in [0.15, 0.2) is 0 Å². The van der Waals surface area contributed by atoms with E-state index in [9.17, 15) is 28.9 Å². The first-order valence-corrected chi connectivity index (χ1v) is 11.3. The number of para-hydroxylation sites is 1. The second-order valence-corrected chi connectivity index (χ2v) is 8.79. The van der Waals surface area contributed by atoms with Crippen LogP contribution in [0.3, 0.4) is 0 Å². The summed E-state index contributed by atoms with van der Waals surface area (Å²) in [6.07, 6.45) is 3.20. The molecule has 0 saturated carbocycles. The predicted octanol–water partition coefficient (Wildman–Crippen LogP) is 4.91. The summed E-state index contributed by atoms with van der Waals surface area (Å²) in [4.78, 5) is 49.3. The number of rotatable bonds is 7. The van der Waals surface area contributed by atoms with Crippen LogP contribution >= 0.6 is 23.4 Å². The molecule has 3 amide bonds. The molecule has 178 valence electrons. The Bertz CT molecular complexity index is 1390. The number of thioether (sulfide) groups is 1. The zero-order chi connectivity index (χ0) is 25.1. The van der Waals surface area contributed by atoms with Crippen molar-refractivity contribution in [1.29, 1.82) is 0 Å². The molecule has 1 saturated heterocycles. The van der Waals surface area contributed by atoms with Crippen molar-refractivity contribution < 1.29 is 23.7 Å². The van der Waals surface area contributed by atoms with E-state index in [1.807, 2.05) is 0 Å². The third-order valence-corrected chi connectivity index (χ3v) is 6.25. The highest BCUT2D eigenvalue weighted by Crippen LogP contribution is 2.32. The number of nitro benzene ring substituents is 1. The van der Waals surface area contributed by atoms with Gasteiger partial charge in [-0.25, -0.2) is 4.39 Å². The lowest BCUT2D eigenvalue weighted by Crippen LogP contribution is -2.36. The molecule has 1 N–H and O–H groups in total. The first-order valence-electron chi connectivity index (χ1n) is 10.1. The molecule has 0 unspecified atom stereocenters. The lowest BCUT2D eigenvalue weighted by atomic mass is 10.2. The topological polar surface area (TPSA) is 115 Å². The number of halogens is 2. The van der Waals surface area contributed by atoms with Gasteiger partial charge < -0.3 is 9.88 Å². The Hall–Kier alpha value is -3.96. The van der Waals surface area contributed by atoms with E-state index in [1.165, 1.54) is 24.3 Å². The molecule has 1 aliphatic rings. The van der Waals surface area contributed by atoms with E-state index in [2.05, 4.69) is 5.32 Å². The normalized spacial score (nSPS) is 14.6. The van der Waals surface area contributed by atoms with Crippen LogP contribution in [0.25, 0.3) is 6.08 Å². The van der Waals surface area contributed by atoms with Gasteiger partial charge in [0.2, 0.25) is 5.91 Å². The van der Waals surface area contributed by atoms with Gasteiger partial charge in [-0.15, -0.1) is 0 Å². The van der Waals surface area contributed by atoms with Crippen molar-refractivity contribution in [3.05, 3.63) is 97.9 Å². The van der Waals surface area contributed by atoms with Crippen molar-refractivity contribution >= 4 is 57.9 Å². The largest absolute Gasteiger partial charge is 0.343 e. The maximum absolute atomic E-state index is 13.3. The molecule has 4 rings (SSSR count). The van der Waals surface area contributed by atoms with Crippen LogP contribution in [0.5, 0.6) is 0 Å². The Morgan fingerprint density at radius 1 is 1.17 bits per heavy atom. The monoisotopic (exact) mass is 514 g/mol. The minimum Gasteiger partial charge on any atom is -0.343 e. The first kappa shape index (κ1) is 24.2. The summed E-state index contributed by atoms with van der Waals surface area (Å²) in [6, 6.07) is 13.3. The lowest BCUT2D eigenvalue weighted by molar-refractivity contribution is -0.385. The standard InChI is InChI=1S/C23H16ClFN4O5S/c24-17-10-15(7-8-18(17)25)26-21(30)13-28-22(31)20(35-23(28)32)11-16-5-3-9-27(16)12-14-4-1-2-6-19(14)29(33)34/h1-11H,12-13H2,(H,26,30)/b20-11+. The fraction of sp³-hybridized carbons (Fsp3) is 0.0870. The first-order chi connectivity index (χ1) is 16.7. The zero-order valence-corrected chi connectivity index (χ0v) is 19.4. The van der Waals surface area contributed by atoms with Gasteiger partial charge >= 0.3 is 0 Å². The molecular weight excluding hydrogens is 499 g/mol. The molecule has 2 heterocycles. The molecule has 2 aromatic carbocycles. The maximum atomic E-state index is 13.3. The number of nitro groups is 1. The smallest absolute Gasteiger partial charge is 0.294 e. The van der Waals surface area contributed by atoms with E-state index in [0.29, 0.717) is 23.0 Å². The van der Waals surface area contributed by atoms with Gasteiger partial charge in [0, 0.05) is 29.2 Å². The molecule has 1 fully saturated rings. The summed E-state index contributed by atoms with van der Waals surface area (Å²) in [5.74, 6) is -1.95. The van der Waals surface area contributed by atoms with Crippen molar-refractivity contribution in [1.82, 2.24) is 9.47 Å². The van der Waals surface area contributed by atoms with Gasteiger partial charge in [-0.05, 0) is 48.2 Å². The van der Waals surface area contributed by atoms with Gasteiger partial charge in [-0.1, -0.05) is 29.8 Å². The Morgan fingerprint density at radius 2 is 1.94 bits per heavy atom. The number of nitrogens with one attached hydrogen (secondary N) is 1. The van der Waals surface area contributed by atoms with E-state index in [4.69, 9.17) is 11.6 Å². The van der Waals surface area contributed by atoms with Crippen molar-refractivity contribution in [2.75, 3.05) is 11.9 Å². The molecule has 1 aliphatic heterocycles. The number of aromatic nitrogens is 1. The summed E-state index contributed by atoms with van der Waals surface area (Å²) in [7, 11) is 0. The number of benzene rings is 2. The summed E-state index contributed by atoms with van der Waals surface area (Å²) in [5, 5.41) is 13.0. The molecule has 3 aromatic rings. The third-order valence-electron chi connectivity index (χ3n) is 5.05. The quantitative estimate of drug-likeness (QED) is 0.272. The minimum absolute atomic E-state index is 0.0269. The van der Waals surface area contributed by atoms with Gasteiger partial charge in [-0.2, -0.15) is 0 Å². The third kappa shape index (κ3) is 5.42. The fourth-order valence-corrected chi connectivity index (χ4v) is 4.40. The second-order valence-electron chi connectivity index (χ2n) is 7.39. The van der Waals surface area contributed by atoms with Crippen molar-refractivity contribution in [2.45, 2.75) is 6.54 Å². The number of anilines is 1. The number of carbonyl (C=O) groups is 3. The SMILES string of the molecule is O=C(CN1C(=O)S/C(=C/c2cccn2Cc2ccccc2[N+](=O)[O-])C1=O)Nc1ccc(F)c(Cl)c1. The highest BCUT2D eigenvalue weighted by atomic mass is 35.5. The van der Waals surface area contributed by atoms with Crippen molar-refractivity contribution in [2.24, 2.45) is 0 Å². The number of hydrogen-bond donors (Lipinski definition) is 1. The Balaban J connectivity index is 1.48. The molecule has 0 atom stereocenters. The summed E-state index contributed by atoms with van der Waals surface area (Å²) < 4.78 is 15.0. The molecule has 0 aliphatic carbocycles. The van der Waals surface area contributed by atoms with E-state index in [0.717, 1.165) is 11.0 Å². The Kier molecular flexibility index (Phi) is 6.99. The van der Waals surface area contributed by atoms with Gasteiger partial charge in [0.25, 0.3) is 16.8 Å². The highest BCUT2D eigenvalue weighted by molar-refractivity contribution is 8.18. The second kappa shape index (κ2) is 10.1. The maximum Gasteiger partial charge on any atom is 0.294 e. The number of carbonyl (C=O) groups excluding carboxylic acids is 3. The molecule has 0 radical (unpaired) electrons. The molecule has 9 nitrogen and oxygen atoms in total. The van der Waals surface area contributed by atoms with Crippen LogP contribution in [-0.4, -0.2) is 38.0 Å². The molecule has 1 aromatic heterocycles. The van der Waals surface area contributed by atoms with Gasteiger partial charge in [-0.3, -0.25) is 29.4 Å². The van der Waals surface area contributed by atoms with E-state index in [-0.39, 0.29) is 27.8 Å². The summed E-state index contributed by atoms with van der Waals surface area (Å²) in [6.45, 7) is -0.351. The van der Waals surface area contributed by atoms with Crippen LogP contribution in [0.15, 0.2) is 65.7 Å². The number of nitrogens with zero attached hydrogens (tertiary/aromatic N) is 3. The average molecular weight is 515 g/mol. The molecule has 12 heteroatoms. The van der Waals surface area contributed by atoms with Crippen LogP contribution in [0.4, 0.5) is 20.6 Å². The van der Waals surface area contributed by atoms with Gasteiger partial charge in [0.1, 0.15) is 12.4 Å². The average Bonchev–Trinajstić information content (AvgIpc) is 3.35. The number of amides is 3. The molecular formula is C23H16ClFN4O5S. The van der Waals surface area contributed by atoms with Crippen LogP contribution in [-0.2, 0) is 16.1 Å². The molecule has 0 spiro atoms. The highest BCUT2D eigenvalue weighted by Gasteiger charge is 2.36. The lowest BCUT2D eigenvalue weighted by Gasteiger charge is -2.12. The summed E-state index contributed by atoms with van der Waals surface area (Å²) >= 11 is 6.38. The van der Waals surface area contributed by atoms with E-state index >= 15 is 0 Å². The number of imide groups is 1. The van der Waals surface area contributed by atoms with E-state index < -0.39 is 34.3 Å². The summed E-state index contributed by atoms with van der Waals surface area (Å²) in [5.41, 5.74) is 1.23. The fourth-order valence-electron chi connectivity index (χ4n) is 3.40. The van der Waals surface area contributed by atoms with Crippen LogP contribution in [0, 0.1) is 15.9 Å². The van der Waals surface area contributed by atoms with Crippen molar-refractivity contribution in [3.8, 4) is 0 Å². The predicted molar refractivity (Wildman–Crippen MR) is 129 cm³/mol.